The van der Waals surface area contributed by atoms with Crippen molar-refractivity contribution in [1.82, 2.24) is 19.6 Å². The molecule has 1 aromatic carbocycles. The van der Waals surface area contributed by atoms with Crippen molar-refractivity contribution in [2.75, 3.05) is 12.4 Å². The average molecular weight is 393 g/mol. The van der Waals surface area contributed by atoms with Gasteiger partial charge in [0.15, 0.2) is 0 Å². The van der Waals surface area contributed by atoms with Crippen LogP contribution in [0.25, 0.3) is 17.0 Å². The maximum Gasteiger partial charge on any atom is 0.251 e. The molecule has 29 heavy (non-hydrogen) atoms. The zero-order valence-electron chi connectivity index (χ0n) is 17.4. The van der Waals surface area contributed by atoms with E-state index in [9.17, 15) is 4.79 Å². The van der Waals surface area contributed by atoms with Crippen LogP contribution in [0.1, 0.15) is 42.6 Å². The molecule has 1 N–H and O–H groups in total. The number of ether oxygens (including phenoxy) is 1. The maximum atomic E-state index is 12.7. The number of benzene rings is 1. The third-order valence-electron chi connectivity index (χ3n) is 5.83. The summed E-state index contributed by atoms with van der Waals surface area (Å²) in [6.07, 6.45) is 5.85. The zero-order chi connectivity index (χ0) is 20.5. The molecule has 7 nitrogen and oxygen atoms in total. The lowest BCUT2D eigenvalue weighted by Crippen LogP contribution is -2.31. The highest BCUT2D eigenvalue weighted by Crippen LogP contribution is 2.29. The molecule has 1 fully saturated rings. The number of hydrogen-bond acceptors (Lipinski definition) is 5. The highest BCUT2D eigenvalue weighted by Gasteiger charge is 2.27. The van der Waals surface area contributed by atoms with Crippen molar-refractivity contribution in [2.24, 2.45) is 5.92 Å². The summed E-state index contributed by atoms with van der Waals surface area (Å²) in [4.78, 5) is 21.8. The Labute approximate surface area is 170 Å². The molecule has 0 saturated heterocycles. The number of carbonyl (C=O) groups is 1. The van der Waals surface area contributed by atoms with Gasteiger partial charge in [0, 0.05) is 24.3 Å². The van der Waals surface area contributed by atoms with Crippen LogP contribution in [0.15, 0.2) is 24.4 Å². The number of aryl methyl sites for hydroxylation is 3. The van der Waals surface area contributed by atoms with E-state index in [1.54, 1.807) is 11.6 Å². The molecule has 1 amide bonds. The molecule has 0 unspecified atom stereocenters. The van der Waals surface area contributed by atoms with Gasteiger partial charge in [0.1, 0.15) is 0 Å². The van der Waals surface area contributed by atoms with Crippen molar-refractivity contribution < 1.29 is 9.53 Å². The molecule has 1 saturated carbocycles. The number of fused-ring (bicyclic) bond motifs is 1. The minimum Gasteiger partial charge on any atom is -0.381 e. The highest BCUT2D eigenvalue weighted by atomic mass is 16.5. The normalized spacial score (nSPS) is 19.4. The molecular weight excluding hydrogens is 366 g/mol. The van der Waals surface area contributed by atoms with E-state index >= 15 is 0 Å². The van der Waals surface area contributed by atoms with Crippen LogP contribution in [0.3, 0.4) is 0 Å². The quantitative estimate of drug-likeness (QED) is 0.728. The van der Waals surface area contributed by atoms with Gasteiger partial charge < -0.3 is 10.1 Å². The molecule has 152 valence electrons. The fourth-order valence-electron chi connectivity index (χ4n) is 3.91. The lowest BCUT2D eigenvalue weighted by atomic mass is 9.86. The number of imidazole rings is 1. The van der Waals surface area contributed by atoms with Crippen LogP contribution in [0, 0.1) is 26.7 Å². The van der Waals surface area contributed by atoms with E-state index in [1.165, 1.54) is 0 Å². The Hall–Kier alpha value is -2.80. The fourth-order valence-corrected chi connectivity index (χ4v) is 3.91. The Bertz CT molecular complexity index is 1020. The van der Waals surface area contributed by atoms with E-state index in [2.05, 4.69) is 20.4 Å². The summed E-state index contributed by atoms with van der Waals surface area (Å²) in [5.74, 6) is 0.674. The van der Waals surface area contributed by atoms with E-state index < -0.39 is 0 Å². The summed E-state index contributed by atoms with van der Waals surface area (Å²) in [5.41, 5.74) is 5.38. The molecule has 2 aromatic heterocycles. The molecule has 0 aliphatic heterocycles. The topological polar surface area (TPSA) is 81.4 Å². The van der Waals surface area contributed by atoms with Gasteiger partial charge in [-0.15, -0.1) is 0 Å². The number of hydrogen-bond donors (Lipinski definition) is 1. The van der Waals surface area contributed by atoms with Crippen LogP contribution in [-0.4, -0.2) is 38.7 Å². The number of anilines is 1. The molecule has 2 atom stereocenters. The smallest absolute Gasteiger partial charge is 0.251 e. The molecular formula is C22H27N5O2. The van der Waals surface area contributed by atoms with Crippen LogP contribution in [0.2, 0.25) is 0 Å². The van der Waals surface area contributed by atoms with Crippen molar-refractivity contribution in [1.29, 1.82) is 0 Å². The van der Waals surface area contributed by atoms with E-state index in [0.717, 1.165) is 59.6 Å². The molecule has 1 aliphatic rings. The lowest BCUT2D eigenvalue weighted by Gasteiger charge is -2.27. The standard InChI is InChI=1S/C22H27N5O2/c1-13-10-16(20-12-27-22(25-20)23-14(2)15(3)26-27)8-9-19(13)24-21(28)17-6-5-7-18(11-17)29-4/h8-10,12,17-18H,5-7,11H2,1-4H3,(H,24,28)/t17-,18-/m0/s1. The fraction of sp³-hybridized carbons (Fsp3) is 0.455. The van der Waals surface area contributed by atoms with Gasteiger partial charge in [-0.25, -0.2) is 14.5 Å². The largest absolute Gasteiger partial charge is 0.381 e. The van der Waals surface area contributed by atoms with Crippen molar-refractivity contribution in [3.8, 4) is 11.3 Å². The molecule has 4 rings (SSSR count). The lowest BCUT2D eigenvalue weighted by molar-refractivity contribution is -0.122. The number of methoxy groups -OCH3 is 1. The first kappa shape index (κ1) is 19.5. The molecule has 3 aromatic rings. The first-order valence-corrected chi connectivity index (χ1v) is 10.1. The Kier molecular flexibility index (Phi) is 5.32. The molecule has 0 bridgehead atoms. The third kappa shape index (κ3) is 4.00. The van der Waals surface area contributed by atoms with Crippen LogP contribution >= 0.6 is 0 Å². The Morgan fingerprint density at radius 3 is 2.76 bits per heavy atom. The first-order chi connectivity index (χ1) is 13.9. The molecule has 0 radical (unpaired) electrons. The van der Waals surface area contributed by atoms with Gasteiger partial charge in [-0.2, -0.15) is 5.10 Å². The van der Waals surface area contributed by atoms with Crippen LogP contribution in [-0.2, 0) is 9.53 Å². The summed E-state index contributed by atoms with van der Waals surface area (Å²) < 4.78 is 7.16. The average Bonchev–Trinajstić information content (AvgIpc) is 3.12. The van der Waals surface area contributed by atoms with Gasteiger partial charge in [0.25, 0.3) is 5.78 Å². The summed E-state index contributed by atoms with van der Waals surface area (Å²) >= 11 is 0. The summed E-state index contributed by atoms with van der Waals surface area (Å²) in [7, 11) is 1.72. The molecule has 7 heteroatoms. The summed E-state index contributed by atoms with van der Waals surface area (Å²) in [5, 5.41) is 7.59. The second kappa shape index (κ2) is 7.91. The predicted octanol–water partition coefficient (Wildman–Crippen LogP) is 3.86. The highest BCUT2D eigenvalue weighted by molar-refractivity contribution is 5.93. The first-order valence-electron chi connectivity index (χ1n) is 10.1. The maximum absolute atomic E-state index is 12.7. The van der Waals surface area contributed by atoms with Crippen molar-refractivity contribution in [2.45, 2.75) is 52.6 Å². The van der Waals surface area contributed by atoms with Crippen LogP contribution in [0.5, 0.6) is 0 Å². The van der Waals surface area contributed by atoms with Gasteiger partial charge in [-0.3, -0.25) is 4.79 Å². The van der Waals surface area contributed by atoms with Gasteiger partial charge in [-0.1, -0.05) is 12.5 Å². The van der Waals surface area contributed by atoms with Crippen molar-refractivity contribution in [3.63, 3.8) is 0 Å². The van der Waals surface area contributed by atoms with Crippen molar-refractivity contribution in [3.05, 3.63) is 41.3 Å². The summed E-state index contributed by atoms with van der Waals surface area (Å²) in [6.45, 7) is 5.86. The van der Waals surface area contributed by atoms with Gasteiger partial charge in [0.05, 0.1) is 29.4 Å². The van der Waals surface area contributed by atoms with Gasteiger partial charge >= 0.3 is 0 Å². The monoisotopic (exact) mass is 393 g/mol. The van der Waals surface area contributed by atoms with Crippen molar-refractivity contribution >= 4 is 17.4 Å². The predicted molar refractivity (Wildman–Crippen MR) is 112 cm³/mol. The molecule has 1 aliphatic carbocycles. The molecule has 0 spiro atoms. The Balaban J connectivity index is 1.53. The van der Waals surface area contributed by atoms with Crippen LogP contribution in [0.4, 0.5) is 5.69 Å². The molecule has 2 heterocycles. The number of aromatic nitrogens is 4. The number of amides is 1. The Morgan fingerprint density at radius 1 is 1.17 bits per heavy atom. The summed E-state index contributed by atoms with van der Waals surface area (Å²) in [6, 6.07) is 5.96. The minimum atomic E-state index is 0.00911. The van der Waals surface area contributed by atoms with E-state index in [1.807, 2.05) is 45.2 Å². The zero-order valence-corrected chi connectivity index (χ0v) is 17.4. The minimum absolute atomic E-state index is 0.00911. The van der Waals surface area contributed by atoms with E-state index in [0.29, 0.717) is 5.78 Å². The van der Waals surface area contributed by atoms with E-state index in [-0.39, 0.29) is 17.9 Å². The SMILES string of the molecule is CO[C@H]1CCC[C@H](C(=O)Nc2ccc(-c3cn4nc(C)c(C)nc4n3)cc2C)C1. The number of nitrogens with zero attached hydrogens (tertiary/aromatic N) is 4. The Morgan fingerprint density at radius 2 is 2.00 bits per heavy atom. The number of nitrogens with one attached hydrogen (secondary N) is 1. The van der Waals surface area contributed by atoms with Gasteiger partial charge in [-0.05, 0) is 57.7 Å². The van der Waals surface area contributed by atoms with Gasteiger partial charge in [0.2, 0.25) is 5.91 Å². The second-order valence-electron chi connectivity index (χ2n) is 7.89. The number of rotatable bonds is 4. The number of carbonyl (C=O) groups excluding carboxylic acids is 1. The van der Waals surface area contributed by atoms with Crippen LogP contribution < -0.4 is 5.32 Å². The van der Waals surface area contributed by atoms with E-state index in [4.69, 9.17) is 4.74 Å². The third-order valence-corrected chi connectivity index (χ3v) is 5.83. The second-order valence-corrected chi connectivity index (χ2v) is 7.89.